The third-order valence-electron chi connectivity index (χ3n) is 2.74. The lowest BCUT2D eigenvalue weighted by Gasteiger charge is -2.14. The highest BCUT2D eigenvalue weighted by Gasteiger charge is 2.24. The van der Waals surface area contributed by atoms with Crippen molar-refractivity contribution in [3.63, 3.8) is 0 Å². The zero-order chi connectivity index (χ0) is 12.4. The molecular weight excluding hydrogens is 284 g/mol. The van der Waals surface area contributed by atoms with E-state index in [1.54, 1.807) is 0 Å². The number of nitrogen functional groups attached to an aromatic ring is 1. The van der Waals surface area contributed by atoms with Crippen LogP contribution in [0.2, 0.25) is 0 Å². The van der Waals surface area contributed by atoms with Gasteiger partial charge in [-0.05, 0) is 53.4 Å². The molecule has 1 amide bonds. The summed E-state index contributed by atoms with van der Waals surface area (Å²) in [5.74, 6) is -0.126. The van der Waals surface area contributed by atoms with Crippen molar-refractivity contribution in [2.45, 2.75) is 25.9 Å². The van der Waals surface area contributed by atoms with Crippen molar-refractivity contribution in [3.05, 3.63) is 22.2 Å². The predicted octanol–water partition coefficient (Wildman–Crippen LogP) is 2.46. The summed E-state index contributed by atoms with van der Waals surface area (Å²) in [6.07, 6.45) is 1.36. The van der Waals surface area contributed by atoms with Crippen LogP contribution in [-0.4, -0.2) is 18.6 Å². The van der Waals surface area contributed by atoms with Crippen LogP contribution in [0.25, 0.3) is 0 Å². The molecule has 1 saturated heterocycles. The molecule has 0 radical (unpaired) electrons. The first-order valence-electron chi connectivity index (χ1n) is 5.56. The highest BCUT2D eigenvalue weighted by atomic mass is 79.9. The number of benzene rings is 1. The van der Waals surface area contributed by atoms with E-state index in [1.807, 2.05) is 19.1 Å². The van der Waals surface area contributed by atoms with Crippen molar-refractivity contribution in [1.82, 2.24) is 0 Å². The van der Waals surface area contributed by atoms with Crippen LogP contribution in [0.3, 0.4) is 0 Å². The number of hydrogen-bond acceptors (Lipinski definition) is 3. The lowest BCUT2D eigenvalue weighted by Crippen LogP contribution is -2.27. The minimum absolute atomic E-state index is 0.126. The molecule has 1 unspecified atom stereocenters. The summed E-state index contributed by atoms with van der Waals surface area (Å²) in [7, 11) is 0. The molecule has 1 aromatic rings. The first kappa shape index (κ1) is 12.4. The van der Waals surface area contributed by atoms with Gasteiger partial charge in [-0.2, -0.15) is 0 Å². The minimum atomic E-state index is -0.345. The number of carbonyl (C=O) groups excluding carboxylic acids is 1. The lowest BCUT2D eigenvalue weighted by atomic mass is 10.2. The highest BCUT2D eigenvalue weighted by molar-refractivity contribution is 9.10. The zero-order valence-electron chi connectivity index (χ0n) is 9.63. The minimum Gasteiger partial charge on any atom is -0.397 e. The van der Waals surface area contributed by atoms with E-state index in [0.717, 1.165) is 22.9 Å². The van der Waals surface area contributed by atoms with Gasteiger partial charge in [0.1, 0.15) is 6.10 Å². The van der Waals surface area contributed by atoms with Crippen LogP contribution < -0.4 is 11.1 Å². The Bertz CT molecular complexity index is 419. The van der Waals surface area contributed by atoms with Gasteiger partial charge in [0.05, 0.1) is 11.4 Å². The van der Waals surface area contributed by atoms with Crippen LogP contribution in [0, 0.1) is 6.92 Å². The molecule has 1 aromatic carbocycles. The normalized spacial score (nSPS) is 19.3. The van der Waals surface area contributed by atoms with Crippen molar-refractivity contribution in [2.75, 3.05) is 17.7 Å². The molecule has 1 aliphatic heterocycles. The fourth-order valence-corrected chi connectivity index (χ4v) is 2.58. The smallest absolute Gasteiger partial charge is 0.253 e. The molecule has 2 rings (SSSR count). The van der Waals surface area contributed by atoms with Gasteiger partial charge in [0.25, 0.3) is 5.91 Å². The number of nitrogens with one attached hydrogen (secondary N) is 1. The Hall–Kier alpha value is -1.07. The Labute approximate surface area is 109 Å². The highest BCUT2D eigenvalue weighted by Crippen LogP contribution is 2.30. The predicted molar refractivity (Wildman–Crippen MR) is 70.9 cm³/mol. The van der Waals surface area contributed by atoms with Crippen molar-refractivity contribution in [1.29, 1.82) is 0 Å². The molecular formula is C12H15BrN2O2. The molecule has 3 N–H and O–H groups in total. The molecule has 1 heterocycles. The van der Waals surface area contributed by atoms with Gasteiger partial charge in [0.15, 0.2) is 0 Å². The van der Waals surface area contributed by atoms with Crippen molar-refractivity contribution in [3.8, 4) is 0 Å². The maximum atomic E-state index is 11.9. The Morgan fingerprint density at radius 2 is 2.35 bits per heavy atom. The topological polar surface area (TPSA) is 64.3 Å². The van der Waals surface area contributed by atoms with Gasteiger partial charge in [-0.15, -0.1) is 0 Å². The van der Waals surface area contributed by atoms with Crippen LogP contribution in [0.15, 0.2) is 16.6 Å². The van der Waals surface area contributed by atoms with Crippen LogP contribution in [0.5, 0.6) is 0 Å². The lowest BCUT2D eigenvalue weighted by molar-refractivity contribution is -0.124. The molecule has 0 spiro atoms. The summed E-state index contributed by atoms with van der Waals surface area (Å²) in [6.45, 7) is 2.61. The average molecular weight is 299 g/mol. The maximum absolute atomic E-state index is 11.9. The van der Waals surface area contributed by atoms with E-state index in [4.69, 9.17) is 10.5 Å². The quantitative estimate of drug-likeness (QED) is 0.825. The number of ether oxygens (including phenoxy) is 1. The number of halogens is 1. The molecule has 0 saturated carbocycles. The van der Waals surface area contributed by atoms with Gasteiger partial charge >= 0.3 is 0 Å². The van der Waals surface area contributed by atoms with Crippen molar-refractivity contribution in [2.24, 2.45) is 0 Å². The molecule has 92 valence electrons. The van der Waals surface area contributed by atoms with E-state index in [-0.39, 0.29) is 12.0 Å². The van der Waals surface area contributed by atoms with E-state index in [2.05, 4.69) is 21.2 Å². The van der Waals surface area contributed by atoms with E-state index in [0.29, 0.717) is 18.0 Å². The number of anilines is 2. The van der Waals surface area contributed by atoms with Gasteiger partial charge < -0.3 is 15.8 Å². The molecule has 5 heteroatoms. The van der Waals surface area contributed by atoms with Crippen molar-refractivity contribution >= 4 is 33.2 Å². The van der Waals surface area contributed by atoms with E-state index in [9.17, 15) is 4.79 Å². The van der Waals surface area contributed by atoms with Gasteiger partial charge in [-0.1, -0.05) is 0 Å². The Morgan fingerprint density at radius 1 is 1.59 bits per heavy atom. The number of hydrogen-bond donors (Lipinski definition) is 2. The number of amides is 1. The van der Waals surface area contributed by atoms with E-state index < -0.39 is 0 Å². The fourth-order valence-electron chi connectivity index (χ4n) is 1.89. The summed E-state index contributed by atoms with van der Waals surface area (Å²) in [5, 5.41) is 2.81. The number of aryl methyl sites for hydroxylation is 1. The molecule has 1 aliphatic rings. The molecule has 0 aliphatic carbocycles. The zero-order valence-corrected chi connectivity index (χ0v) is 11.2. The van der Waals surface area contributed by atoms with Crippen LogP contribution in [0.4, 0.5) is 11.4 Å². The SMILES string of the molecule is Cc1cc(N)c(NC(=O)C2CCCO2)c(Br)c1. The standard InChI is InChI=1S/C12H15BrN2O2/c1-7-5-8(13)11(9(14)6-7)15-12(16)10-3-2-4-17-10/h5-6,10H,2-4,14H2,1H3,(H,15,16). The van der Waals surface area contributed by atoms with Gasteiger partial charge in [-0.25, -0.2) is 0 Å². The maximum Gasteiger partial charge on any atom is 0.253 e. The fraction of sp³-hybridized carbons (Fsp3) is 0.417. The van der Waals surface area contributed by atoms with Gasteiger partial charge in [0.2, 0.25) is 0 Å². The first-order valence-corrected chi connectivity index (χ1v) is 6.35. The third-order valence-corrected chi connectivity index (χ3v) is 3.36. The van der Waals surface area contributed by atoms with E-state index in [1.165, 1.54) is 0 Å². The van der Waals surface area contributed by atoms with E-state index >= 15 is 0 Å². The second-order valence-electron chi connectivity index (χ2n) is 4.20. The number of carbonyl (C=O) groups is 1. The third kappa shape index (κ3) is 2.79. The largest absolute Gasteiger partial charge is 0.397 e. The van der Waals surface area contributed by atoms with Crippen LogP contribution in [0.1, 0.15) is 18.4 Å². The molecule has 0 bridgehead atoms. The monoisotopic (exact) mass is 298 g/mol. The Kier molecular flexibility index (Phi) is 3.69. The second kappa shape index (κ2) is 5.06. The van der Waals surface area contributed by atoms with Gasteiger partial charge in [0, 0.05) is 11.1 Å². The summed E-state index contributed by atoms with van der Waals surface area (Å²) in [5.41, 5.74) is 8.11. The second-order valence-corrected chi connectivity index (χ2v) is 5.06. The van der Waals surface area contributed by atoms with Crippen LogP contribution >= 0.6 is 15.9 Å². The molecule has 0 aromatic heterocycles. The number of rotatable bonds is 2. The van der Waals surface area contributed by atoms with Crippen molar-refractivity contribution < 1.29 is 9.53 Å². The van der Waals surface area contributed by atoms with Gasteiger partial charge in [-0.3, -0.25) is 4.79 Å². The molecule has 17 heavy (non-hydrogen) atoms. The summed E-state index contributed by atoms with van der Waals surface area (Å²) in [4.78, 5) is 11.9. The van der Waals surface area contributed by atoms with Crippen LogP contribution in [-0.2, 0) is 9.53 Å². The molecule has 1 atom stereocenters. The Balaban J connectivity index is 2.15. The molecule has 1 fully saturated rings. The first-order chi connectivity index (χ1) is 8.08. The molecule has 4 nitrogen and oxygen atoms in total. The summed E-state index contributed by atoms with van der Waals surface area (Å²) in [6, 6.07) is 3.75. The summed E-state index contributed by atoms with van der Waals surface area (Å²) >= 11 is 3.40. The number of nitrogens with two attached hydrogens (primary N) is 1. The summed E-state index contributed by atoms with van der Waals surface area (Å²) < 4.78 is 6.12. The Morgan fingerprint density at radius 3 is 2.94 bits per heavy atom. The average Bonchev–Trinajstić information content (AvgIpc) is 2.76.